The Bertz CT molecular complexity index is 810. The van der Waals surface area contributed by atoms with Crippen LogP contribution < -0.4 is 10.1 Å². The SMILES string of the molecule is C[C@H]1CC(c2cnccn2)=CCN1C(=O)Nc1ccc(OC(C)(C)C)cc1. The highest BCUT2D eigenvalue weighted by atomic mass is 16.5. The zero-order chi connectivity index (χ0) is 19.4. The van der Waals surface area contributed by atoms with Crippen molar-refractivity contribution in [2.75, 3.05) is 11.9 Å². The molecule has 0 saturated heterocycles. The zero-order valence-electron chi connectivity index (χ0n) is 16.3. The lowest BCUT2D eigenvalue weighted by molar-refractivity contribution is 0.131. The number of aromatic nitrogens is 2. The molecule has 0 radical (unpaired) electrons. The molecule has 1 aromatic heterocycles. The smallest absolute Gasteiger partial charge is 0.322 e. The first-order valence-corrected chi connectivity index (χ1v) is 9.14. The number of hydrogen-bond donors (Lipinski definition) is 1. The molecule has 1 N–H and O–H groups in total. The number of benzene rings is 1. The van der Waals surface area contributed by atoms with E-state index in [1.807, 2.05) is 62.9 Å². The minimum atomic E-state index is -0.249. The van der Waals surface area contributed by atoms with Crippen molar-refractivity contribution in [3.63, 3.8) is 0 Å². The number of rotatable bonds is 3. The summed E-state index contributed by atoms with van der Waals surface area (Å²) in [7, 11) is 0. The summed E-state index contributed by atoms with van der Waals surface area (Å²) in [4.78, 5) is 22.9. The fraction of sp³-hybridized carbons (Fsp3) is 0.381. The third-order valence-electron chi connectivity index (χ3n) is 4.26. The summed E-state index contributed by atoms with van der Waals surface area (Å²) >= 11 is 0. The summed E-state index contributed by atoms with van der Waals surface area (Å²) in [6, 6.07) is 7.42. The number of amides is 2. The zero-order valence-corrected chi connectivity index (χ0v) is 16.3. The van der Waals surface area contributed by atoms with E-state index in [2.05, 4.69) is 15.3 Å². The largest absolute Gasteiger partial charge is 0.488 e. The molecule has 2 aromatic rings. The molecular formula is C21H26N4O2. The number of nitrogens with one attached hydrogen (secondary N) is 1. The molecule has 0 bridgehead atoms. The van der Waals surface area contributed by atoms with E-state index in [0.29, 0.717) is 6.54 Å². The lowest BCUT2D eigenvalue weighted by Gasteiger charge is -2.33. The van der Waals surface area contributed by atoms with Gasteiger partial charge in [0, 0.05) is 30.7 Å². The molecule has 2 amide bonds. The molecule has 1 atom stereocenters. The maximum atomic E-state index is 12.7. The van der Waals surface area contributed by atoms with Crippen molar-refractivity contribution in [2.24, 2.45) is 0 Å². The molecule has 1 aliphatic heterocycles. The van der Waals surface area contributed by atoms with Gasteiger partial charge in [0.15, 0.2) is 0 Å². The topological polar surface area (TPSA) is 67.4 Å². The lowest BCUT2D eigenvalue weighted by Crippen LogP contribution is -2.43. The average molecular weight is 366 g/mol. The molecule has 0 spiro atoms. The van der Waals surface area contributed by atoms with Crippen molar-refractivity contribution in [3.8, 4) is 5.75 Å². The van der Waals surface area contributed by atoms with Crippen molar-refractivity contribution in [1.82, 2.24) is 14.9 Å². The Morgan fingerprint density at radius 1 is 1.22 bits per heavy atom. The third-order valence-corrected chi connectivity index (χ3v) is 4.26. The average Bonchev–Trinajstić information content (AvgIpc) is 2.62. The van der Waals surface area contributed by atoms with E-state index in [0.717, 1.165) is 29.1 Å². The molecule has 1 aliphatic rings. The van der Waals surface area contributed by atoms with Crippen LogP contribution in [0.5, 0.6) is 5.75 Å². The standard InChI is InChI=1S/C21H26N4O2/c1-15-13-16(19-14-22-10-11-23-19)9-12-25(15)20(26)24-17-5-7-18(8-6-17)27-21(2,3)4/h5-11,14-15H,12-13H2,1-4H3,(H,24,26)/t15-/m0/s1. The highest BCUT2D eigenvalue weighted by molar-refractivity contribution is 5.90. The van der Waals surface area contributed by atoms with Crippen molar-refractivity contribution in [3.05, 3.63) is 54.6 Å². The Labute approximate surface area is 160 Å². The van der Waals surface area contributed by atoms with Crippen LogP contribution in [-0.2, 0) is 0 Å². The Morgan fingerprint density at radius 2 is 1.96 bits per heavy atom. The predicted octanol–water partition coefficient (Wildman–Crippen LogP) is 4.36. The van der Waals surface area contributed by atoms with Gasteiger partial charge in [-0.15, -0.1) is 0 Å². The van der Waals surface area contributed by atoms with E-state index in [4.69, 9.17) is 4.74 Å². The number of ether oxygens (including phenoxy) is 1. The van der Waals surface area contributed by atoms with Crippen LogP contribution in [0.25, 0.3) is 5.57 Å². The predicted molar refractivity (Wildman–Crippen MR) is 107 cm³/mol. The van der Waals surface area contributed by atoms with E-state index < -0.39 is 0 Å². The number of carbonyl (C=O) groups is 1. The number of hydrogen-bond acceptors (Lipinski definition) is 4. The van der Waals surface area contributed by atoms with Crippen molar-refractivity contribution < 1.29 is 9.53 Å². The van der Waals surface area contributed by atoms with E-state index in [-0.39, 0.29) is 17.7 Å². The summed E-state index contributed by atoms with van der Waals surface area (Å²) < 4.78 is 5.81. The molecule has 0 saturated carbocycles. The summed E-state index contributed by atoms with van der Waals surface area (Å²) in [6.45, 7) is 8.60. The van der Waals surface area contributed by atoms with Gasteiger partial charge in [0.1, 0.15) is 11.4 Å². The normalized spacial score (nSPS) is 17.3. The van der Waals surface area contributed by atoms with Crippen LogP contribution in [-0.4, -0.2) is 39.1 Å². The van der Waals surface area contributed by atoms with Crippen LogP contribution >= 0.6 is 0 Å². The van der Waals surface area contributed by atoms with Gasteiger partial charge in [-0.25, -0.2) is 4.79 Å². The molecule has 1 aromatic carbocycles. The minimum Gasteiger partial charge on any atom is -0.488 e. The second-order valence-electron chi connectivity index (χ2n) is 7.69. The first kappa shape index (κ1) is 18.9. The van der Waals surface area contributed by atoms with Crippen LogP contribution in [0.15, 0.2) is 48.9 Å². The summed E-state index contributed by atoms with van der Waals surface area (Å²) in [6.07, 6.45) is 7.91. The second-order valence-corrected chi connectivity index (χ2v) is 7.69. The van der Waals surface area contributed by atoms with Gasteiger partial charge in [0.2, 0.25) is 0 Å². The van der Waals surface area contributed by atoms with Crippen LogP contribution in [0.4, 0.5) is 10.5 Å². The van der Waals surface area contributed by atoms with Gasteiger partial charge in [-0.3, -0.25) is 9.97 Å². The molecule has 0 fully saturated rings. The lowest BCUT2D eigenvalue weighted by atomic mass is 9.99. The van der Waals surface area contributed by atoms with Crippen molar-refractivity contribution in [2.45, 2.75) is 45.8 Å². The number of urea groups is 1. The summed E-state index contributed by atoms with van der Waals surface area (Å²) in [5, 5.41) is 2.96. The van der Waals surface area contributed by atoms with E-state index in [1.54, 1.807) is 18.6 Å². The van der Waals surface area contributed by atoms with Gasteiger partial charge in [0.05, 0.1) is 11.9 Å². The van der Waals surface area contributed by atoms with Gasteiger partial charge < -0.3 is 15.0 Å². The summed E-state index contributed by atoms with van der Waals surface area (Å²) in [5.41, 5.74) is 2.50. The molecule has 6 nitrogen and oxygen atoms in total. The molecule has 3 rings (SSSR count). The van der Waals surface area contributed by atoms with Gasteiger partial charge in [-0.2, -0.15) is 0 Å². The summed E-state index contributed by atoms with van der Waals surface area (Å²) in [5.74, 6) is 0.781. The number of carbonyl (C=O) groups excluding carboxylic acids is 1. The van der Waals surface area contributed by atoms with E-state index in [9.17, 15) is 4.79 Å². The van der Waals surface area contributed by atoms with Crippen LogP contribution in [0.1, 0.15) is 39.8 Å². The van der Waals surface area contributed by atoms with Crippen LogP contribution in [0, 0.1) is 0 Å². The van der Waals surface area contributed by atoms with Crippen LogP contribution in [0.3, 0.4) is 0 Å². The highest BCUT2D eigenvalue weighted by Crippen LogP contribution is 2.26. The minimum absolute atomic E-state index is 0.0792. The van der Waals surface area contributed by atoms with Gasteiger partial charge in [-0.1, -0.05) is 6.08 Å². The van der Waals surface area contributed by atoms with E-state index >= 15 is 0 Å². The van der Waals surface area contributed by atoms with Gasteiger partial charge in [-0.05, 0) is 64.0 Å². The molecule has 0 unspecified atom stereocenters. The Kier molecular flexibility index (Phi) is 5.44. The first-order valence-electron chi connectivity index (χ1n) is 9.14. The van der Waals surface area contributed by atoms with Crippen LogP contribution in [0.2, 0.25) is 0 Å². The molecule has 2 heterocycles. The Hall–Kier alpha value is -2.89. The van der Waals surface area contributed by atoms with Crippen molar-refractivity contribution in [1.29, 1.82) is 0 Å². The molecule has 0 aliphatic carbocycles. The maximum Gasteiger partial charge on any atom is 0.322 e. The monoisotopic (exact) mass is 366 g/mol. The van der Waals surface area contributed by atoms with Crippen molar-refractivity contribution >= 4 is 17.3 Å². The first-order chi connectivity index (χ1) is 12.8. The fourth-order valence-electron chi connectivity index (χ4n) is 3.01. The van der Waals surface area contributed by atoms with E-state index in [1.165, 1.54) is 0 Å². The molecule has 27 heavy (non-hydrogen) atoms. The third kappa shape index (κ3) is 5.06. The molecule has 142 valence electrons. The molecular weight excluding hydrogens is 340 g/mol. The number of anilines is 1. The second kappa shape index (κ2) is 7.78. The fourth-order valence-corrected chi connectivity index (χ4v) is 3.01. The maximum absolute atomic E-state index is 12.7. The number of nitrogens with zero attached hydrogens (tertiary/aromatic N) is 3. The quantitative estimate of drug-likeness (QED) is 0.876. The Morgan fingerprint density at radius 3 is 2.56 bits per heavy atom. The van der Waals surface area contributed by atoms with Gasteiger partial charge >= 0.3 is 6.03 Å². The Balaban J connectivity index is 1.62. The highest BCUT2D eigenvalue weighted by Gasteiger charge is 2.25. The molecule has 6 heteroatoms. The van der Waals surface area contributed by atoms with Gasteiger partial charge in [0.25, 0.3) is 0 Å².